The summed E-state index contributed by atoms with van der Waals surface area (Å²) in [5, 5.41) is 8.29. The van der Waals surface area contributed by atoms with Crippen LogP contribution in [0.1, 0.15) is 31.2 Å². The molecule has 2 N–H and O–H groups in total. The Hall–Kier alpha value is -3.26. The lowest BCUT2D eigenvalue weighted by molar-refractivity contribution is 0.319. The summed E-state index contributed by atoms with van der Waals surface area (Å²) in [5.41, 5.74) is 2.08. The lowest BCUT2D eigenvalue weighted by Crippen LogP contribution is -2.31. The second-order valence-corrected chi connectivity index (χ2v) is 9.31. The van der Waals surface area contributed by atoms with E-state index in [9.17, 15) is 0 Å². The van der Waals surface area contributed by atoms with Crippen molar-refractivity contribution in [2.24, 2.45) is 5.92 Å². The number of methoxy groups -OCH3 is 3. The average molecular weight is 480 g/mol. The van der Waals surface area contributed by atoms with Crippen molar-refractivity contribution in [2.75, 3.05) is 52.2 Å². The lowest BCUT2D eigenvalue weighted by atomic mass is 9.86. The van der Waals surface area contributed by atoms with Gasteiger partial charge in [-0.3, -0.25) is 0 Å². The first-order valence-electron chi connectivity index (χ1n) is 12.2. The quantitative estimate of drug-likeness (QED) is 0.441. The van der Waals surface area contributed by atoms with Crippen LogP contribution >= 0.6 is 0 Å². The molecule has 2 aromatic carbocycles. The summed E-state index contributed by atoms with van der Waals surface area (Å²) in [4.78, 5) is 11.6. The van der Waals surface area contributed by atoms with Crippen molar-refractivity contribution in [2.45, 2.75) is 38.3 Å². The summed E-state index contributed by atoms with van der Waals surface area (Å²) < 4.78 is 16.4. The molecule has 1 aliphatic carbocycles. The molecular weight excluding hydrogens is 442 g/mol. The molecule has 1 heterocycles. The van der Waals surface area contributed by atoms with E-state index in [4.69, 9.17) is 24.2 Å². The third kappa shape index (κ3) is 5.88. The molecule has 1 saturated carbocycles. The van der Waals surface area contributed by atoms with E-state index in [1.54, 1.807) is 21.3 Å². The Morgan fingerprint density at radius 2 is 1.60 bits per heavy atom. The fourth-order valence-electron chi connectivity index (χ4n) is 4.82. The third-order valence-electron chi connectivity index (χ3n) is 6.67. The summed E-state index contributed by atoms with van der Waals surface area (Å²) in [7, 11) is 8.96. The van der Waals surface area contributed by atoms with Crippen LogP contribution in [0.15, 0.2) is 36.4 Å². The number of ether oxygens (including phenoxy) is 3. The average Bonchev–Trinajstić information content (AvgIpc) is 2.88. The third-order valence-corrected chi connectivity index (χ3v) is 6.67. The molecule has 0 saturated heterocycles. The van der Waals surface area contributed by atoms with Crippen LogP contribution in [0.3, 0.4) is 0 Å². The minimum atomic E-state index is 0.400. The van der Waals surface area contributed by atoms with Gasteiger partial charge >= 0.3 is 0 Å². The molecule has 0 radical (unpaired) electrons. The van der Waals surface area contributed by atoms with Gasteiger partial charge in [0.15, 0.2) is 11.5 Å². The fourth-order valence-corrected chi connectivity index (χ4v) is 4.82. The zero-order valence-electron chi connectivity index (χ0n) is 21.4. The molecular formula is C27H37N5O3. The topological polar surface area (TPSA) is 80.8 Å². The highest BCUT2D eigenvalue weighted by Gasteiger charge is 2.22. The molecule has 4 rings (SSSR count). The van der Waals surface area contributed by atoms with E-state index in [2.05, 4.69) is 16.7 Å². The number of aromatic nitrogens is 2. The number of nitrogens with zero attached hydrogens (tertiary/aromatic N) is 3. The summed E-state index contributed by atoms with van der Waals surface area (Å²) in [6.07, 6.45) is 4.58. The van der Waals surface area contributed by atoms with E-state index in [1.807, 2.05) is 49.3 Å². The van der Waals surface area contributed by atoms with Gasteiger partial charge < -0.3 is 29.7 Å². The van der Waals surface area contributed by atoms with Crippen molar-refractivity contribution in [3.8, 4) is 17.2 Å². The van der Waals surface area contributed by atoms with Crippen LogP contribution in [0, 0.1) is 5.92 Å². The Kier molecular flexibility index (Phi) is 8.13. The number of hydrogen-bond donors (Lipinski definition) is 2. The predicted molar refractivity (Wildman–Crippen MR) is 141 cm³/mol. The zero-order valence-corrected chi connectivity index (χ0v) is 21.4. The smallest absolute Gasteiger partial charge is 0.225 e. The second kappa shape index (κ2) is 11.4. The lowest BCUT2D eigenvalue weighted by Gasteiger charge is -2.29. The second-order valence-electron chi connectivity index (χ2n) is 9.31. The van der Waals surface area contributed by atoms with Crippen LogP contribution in [0.25, 0.3) is 10.9 Å². The number of benzene rings is 2. The minimum absolute atomic E-state index is 0.400. The molecule has 0 spiro atoms. The van der Waals surface area contributed by atoms with Crippen LogP contribution < -0.4 is 29.7 Å². The number of hydrogen-bond acceptors (Lipinski definition) is 8. The van der Waals surface area contributed by atoms with Crippen molar-refractivity contribution in [3.05, 3.63) is 42.0 Å². The van der Waals surface area contributed by atoms with Gasteiger partial charge in [0.1, 0.15) is 5.82 Å². The minimum Gasteiger partial charge on any atom is -0.493 e. The molecule has 0 unspecified atom stereocenters. The highest BCUT2D eigenvalue weighted by atomic mass is 16.5. The van der Waals surface area contributed by atoms with E-state index >= 15 is 0 Å². The van der Waals surface area contributed by atoms with Gasteiger partial charge in [0, 0.05) is 32.1 Å². The maximum absolute atomic E-state index is 5.47. The zero-order chi connectivity index (χ0) is 24.8. The Bertz CT molecular complexity index is 1100. The Morgan fingerprint density at radius 3 is 2.23 bits per heavy atom. The standard InChI is InChI=1S/C27H37N5O3/c1-32(2)26-21-8-6-7-9-22(21)30-27(31-26)29-20-12-10-18(11-13-20)16-28-17-19-14-23(33-3)25(35-5)24(15-19)34-4/h6-9,14-15,18,20,28H,10-13,16-17H2,1-5H3,(H,29,30,31)/t18-,20+. The van der Waals surface area contributed by atoms with Crippen LogP contribution in [-0.2, 0) is 6.54 Å². The van der Waals surface area contributed by atoms with E-state index < -0.39 is 0 Å². The summed E-state index contributed by atoms with van der Waals surface area (Å²) in [6.45, 7) is 1.74. The van der Waals surface area contributed by atoms with Gasteiger partial charge in [-0.05, 0) is 68.0 Å². The van der Waals surface area contributed by atoms with Crippen molar-refractivity contribution in [1.82, 2.24) is 15.3 Å². The molecule has 0 atom stereocenters. The van der Waals surface area contributed by atoms with Crippen molar-refractivity contribution < 1.29 is 14.2 Å². The van der Waals surface area contributed by atoms with Gasteiger partial charge in [-0.25, -0.2) is 4.98 Å². The summed E-state index contributed by atoms with van der Waals surface area (Å²) in [6, 6.07) is 12.6. The molecule has 0 bridgehead atoms. The molecule has 1 aliphatic rings. The Labute approximate surface area is 208 Å². The maximum atomic E-state index is 5.47. The number of para-hydroxylation sites is 1. The van der Waals surface area contributed by atoms with Gasteiger partial charge in [0.05, 0.1) is 26.8 Å². The van der Waals surface area contributed by atoms with E-state index in [0.29, 0.717) is 29.2 Å². The highest BCUT2D eigenvalue weighted by Crippen LogP contribution is 2.38. The first-order chi connectivity index (χ1) is 17.0. The van der Waals surface area contributed by atoms with Crippen molar-refractivity contribution in [1.29, 1.82) is 0 Å². The number of anilines is 2. The normalized spacial score (nSPS) is 17.7. The van der Waals surface area contributed by atoms with E-state index in [1.165, 1.54) is 12.8 Å². The monoisotopic (exact) mass is 479 g/mol. The van der Waals surface area contributed by atoms with Crippen molar-refractivity contribution in [3.63, 3.8) is 0 Å². The molecule has 0 aliphatic heterocycles. The largest absolute Gasteiger partial charge is 0.493 e. The van der Waals surface area contributed by atoms with Crippen LogP contribution in [0.5, 0.6) is 17.2 Å². The SMILES string of the molecule is COc1cc(CNC[C@H]2CC[C@@H](Nc3nc(N(C)C)c4ccccc4n3)CC2)cc(OC)c1OC. The fraction of sp³-hybridized carbons (Fsp3) is 0.481. The predicted octanol–water partition coefficient (Wildman–Crippen LogP) is 4.48. The first-order valence-corrected chi connectivity index (χ1v) is 12.2. The maximum Gasteiger partial charge on any atom is 0.225 e. The molecule has 0 amide bonds. The number of nitrogens with one attached hydrogen (secondary N) is 2. The van der Waals surface area contributed by atoms with E-state index in [-0.39, 0.29) is 0 Å². The Morgan fingerprint density at radius 1 is 0.914 bits per heavy atom. The van der Waals surface area contributed by atoms with Crippen LogP contribution in [-0.4, -0.2) is 58.0 Å². The molecule has 188 valence electrons. The molecule has 1 fully saturated rings. The number of fused-ring (bicyclic) bond motifs is 1. The van der Waals surface area contributed by atoms with Gasteiger partial charge in [-0.15, -0.1) is 0 Å². The van der Waals surface area contributed by atoms with Gasteiger partial charge in [-0.2, -0.15) is 4.98 Å². The number of rotatable bonds is 10. The molecule has 35 heavy (non-hydrogen) atoms. The summed E-state index contributed by atoms with van der Waals surface area (Å²) >= 11 is 0. The van der Waals surface area contributed by atoms with Crippen molar-refractivity contribution >= 4 is 22.7 Å². The van der Waals surface area contributed by atoms with Gasteiger partial charge in [-0.1, -0.05) is 12.1 Å². The Balaban J connectivity index is 1.29. The first kappa shape index (κ1) is 24.9. The van der Waals surface area contributed by atoms with Crippen LogP contribution in [0.4, 0.5) is 11.8 Å². The highest BCUT2D eigenvalue weighted by molar-refractivity contribution is 5.90. The van der Waals surface area contributed by atoms with Crippen LogP contribution in [0.2, 0.25) is 0 Å². The molecule has 8 heteroatoms. The van der Waals surface area contributed by atoms with Gasteiger partial charge in [0.2, 0.25) is 11.7 Å². The van der Waals surface area contributed by atoms with Gasteiger partial charge in [0.25, 0.3) is 0 Å². The molecule has 1 aromatic heterocycles. The summed E-state index contributed by atoms with van der Waals surface area (Å²) in [5.74, 6) is 4.31. The van der Waals surface area contributed by atoms with E-state index in [0.717, 1.165) is 54.2 Å². The molecule has 3 aromatic rings. The molecule has 8 nitrogen and oxygen atoms in total.